The maximum absolute atomic E-state index is 5.65. The topological polar surface area (TPSA) is 41.8 Å². The molecule has 0 spiro atoms. The summed E-state index contributed by atoms with van der Waals surface area (Å²) in [5.41, 5.74) is 10.1. The zero-order valence-corrected chi connectivity index (χ0v) is 8.46. The van der Waals surface area contributed by atoms with Gasteiger partial charge in [-0.3, -0.25) is 0 Å². The molecule has 2 aromatic rings. The van der Waals surface area contributed by atoms with Crippen LogP contribution in [0, 0.1) is 6.92 Å². The zero-order valence-electron chi connectivity index (χ0n) is 8.46. The van der Waals surface area contributed by atoms with Gasteiger partial charge in [-0.25, -0.2) is 0 Å². The number of nitrogens with two attached hydrogens (primary N) is 1. The van der Waals surface area contributed by atoms with Crippen LogP contribution in [0.2, 0.25) is 0 Å². The fourth-order valence-electron chi connectivity index (χ4n) is 1.63. The minimum atomic E-state index is 0.825. The number of hydrogen-bond acceptors (Lipinski definition) is 1. The summed E-state index contributed by atoms with van der Waals surface area (Å²) >= 11 is 0. The van der Waals surface area contributed by atoms with Crippen molar-refractivity contribution in [1.82, 2.24) is 4.98 Å². The predicted octanol–water partition coefficient (Wildman–Crippen LogP) is 2.80. The van der Waals surface area contributed by atoms with Gasteiger partial charge in [0.25, 0.3) is 0 Å². The van der Waals surface area contributed by atoms with E-state index in [1.165, 1.54) is 10.9 Å². The Hall–Kier alpha value is -1.70. The molecule has 2 heteroatoms. The highest BCUT2D eigenvalue weighted by molar-refractivity contribution is 5.89. The van der Waals surface area contributed by atoms with Gasteiger partial charge in [-0.2, -0.15) is 0 Å². The van der Waals surface area contributed by atoms with Crippen LogP contribution in [0.4, 0.5) is 0 Å². The number of aromatic amines is 1. The van der Waals surface area contributed by atoms with E-state index in [1.54, 1.807) is 0 Å². The number of aromatic nitrogens is 1. The van der Waals surface area contributed by atoms with Crippen LogP contribution in [0.5, 0.6) is 0 Å². The van der Waals surface area contributed by atoms with E-state index >= 15 is 0 Å². The second kappa shape index (κ2) is 3.22. The lowest BCUT2D eigenvalue weighted by Crippen LogP contribution is -1.88. The molecule has 0 aliphatic heterocycles. The summed E-state index contributed by atoms with van der Waals surface area (Å²) in [6.45, 7) is 3.98. The maximum atomic E-state index is 5.65. The molecule has 0 radical (unpaired) electrons. The molecule has 72 valence electrons. The van der Waals surface area contributed by atoms with E-state index in [-0.39, 0.29) is 0 Å². The molecule has 0 saturated heterocycles. The lowest BCUT2D eigenvalue weighted by Gasteiger charge is -1.95. The third kappa shape index (κ3) is 1.51. The van der Waals surface area contributed by atoms with Crippen LogP contribution in [-0.4, -0.2) is 4.98 Å². The second-order valence-corrected chi connectivity index (χ2v) is 3.68. The standard InChI is InChI=1S/C12H14N2/c1-8-3-4-11-10(6-9(2)13)7-14-12(11)5-8/h3-7,14H,13H2,1-2H3/b9-6-. The van der Waals surface area contributed by atoms with Gasteiger partial charge in [0.05, 0.1) is 0 Å². The van der Waals surface area contributed by atoms with Gasteiger partial charge in [0.15, 0.2) is 0 Å². The SMILES string of the molecule is C/C(N)=C/c1c[nH]c2cc(C)ccc12. The van der Waals surface area contributed by atoms with Crippen LogP contribution in [-0.2, 0) is 0 Å². The highest BCUT2D eigenvalue weighted by atomic mass is 14.7. The first-order chi connectivity index (χ1) is 6.66. The molecule has 0 bridgehead atoms. The Balaban J connectivity index is 2.64. The molecule has 0 unspecified atom stereocenters. The Morgan fingerprint density at radius 1 is 1.43 bits per heavy atom. The number of allylic oxidation sites excluding steroid dienone is 1. The molecule has 1 heterocycles. The monoisotopic (exact) mass is 186 g/mol. The van der Waals surface area contributed by atoms with Crippen molar-refractivity contribution in [2.24, 2.45) is 5.73 Å². The number of hydrogen-bond donors (Lipinski definition) is 2. The number of nitrogens with one attached hydrogen (secondary N) is 1. The molecule has 0 fully saturated rings. The second-order valence-electron chi connectivity index (χ2n) is 3.68. The molecule has 0 aliphatic rings. The molecule has 0 aliphatic carbocycles. The number of benzene rings is 1. The van der Waals surface area contributed by atoms with Crippen LogP contribution < -0.4 is 5.73 Å². The van der Waals surface area contributed by atoms with Crippen molar-refractivity contribution in [1.29, 1.82) is 0 Å². The van der Waals surface area contributed by atoms with Crippen LogP contribution in [0.3, 0.4) is 0 Å². The summed E-state index contributed by atoms with van der Waals surface area (Å²) in [6.07, 6.45) is 3.97. The van der Waals surface area contributed by atoms with Gasteiger partial charge < -0.3 is 10.7 Å². The normalized spacial score (nSPS) is 12.3. The average molecular weight is 186 g/mol. The highest BCUT2D eigenvalue weighted by Crippen LogP contribution is 2.20. The summed E-state index contributed by atoms with van der Waals surface area (Å²) < 4.78 is 0. The van der Waals surface area contributed by atoms with Gasteiger partial charge in [-0.05, 0) is 31.6 Å². The molecule has 0 atom stereocenters. The molecular weight excluding hydrogens is 172 g/mol. The fraction of sp³-hybridized carbons (Fsp3) is 0.167. The van der Waals surface area contributed by atoms with Gasteiger partial charge >= 0.3 is 0 Å². The van der Waals surface area contributed by atoms with E-state index in [2.05, 4.69) is 30.1 Å². The van der Waals surface area contributed by atoms with Crippen LogP contribution >= 0.6 is 0 Å². The fourth-order valence-corrected chi connectivity index (χ4v) is 1.63. The van der Waals surface area contributed by atoms with Crippen molar-refractivity contribution in [3.05, 3.63) is 41.2 Å². The van der Waals surface area contributed by atoms with Crippen molar-refractivity contribution in [3.63, 3.8) is 0 Å². The van der Waals surface area contributed by atoms with Gasteiger partial charge in [0, 0.05) is 28.4 Å². The Morgan fingerprint density at radius 2 is 2.21 bits per heavy atom. The molecular formula is C12H14N2. The molecule has 3 N–H and O–H groups in total. The van der Waals surface area contributed by atoms with Gasteiger partial charge in [-0.1, -0.05) is 12.1 Å². The van der Waals surface area contributed by atoms with Crippen LogP contribution in [0.25, 0.3) is 17.0 Å². The third-order valence-corrected chi connectivity index (χ3v) is 2.25. The number of aryl methyl sites for hydroxylation is 1. The molecule has 2 rings (SSSR count). The third-order valence-electron chi connectivity index (χ3n) is 2.25. The zero-order chi connectivity index (χ0) is 10.1. The molecule has 0 amide bonds. The van der Waals surface area contributed by atoms with E-state index in [9.17, 15) is 0 Å². The minimum Gasteiger partial charge on any atom is -0.402 e. The average Bonchev–Trinajstić information content (AvgIpc) is 2.47. The summed E-state index contributed by atoms with van der Waals surface area (Å²) in [5.74, 6) is 0. The first kappa shape index (κ1) is 8.88. The van der Waals surface area contributed by atoms with E-state index in [0.717, 1.165) is 16.8 Å². The Labute approximate surface area is 83.4 Å². The van der Waals surface area contributed by atoms with Crippen molar-refractivity contribution in [2.45, 2.75) is 13.8 Å². The molecule has 1 aromatic carbocycles. The summed E-state index contributed by atoms with van der Waals surface area (Å²) in [4.78, 5) is 3.23. The highest BCUT2D eigenvalue weighted by Gasteiger charge is 2.00. The Kier molecular flexibility index (Phi) is 2.04. The first-order valence-corrected chi connectivity index (χ1v) is 4.68. The Bertz CT molecular complexity index is 488. The predicted molar refractivity (Wildman–Crippen MR) is 60.9 cm³/mol. The Morgan fingerprint density at radius 3 is 2.93 bits per heavy atom. The quantitative estimate of drug-likeness (QED) is 0.706. The van der Waals surface area contributed by atoms with E-state index in [0.29, 0.717) is 0 Å². The number of H-pyrrole nitrogens is 1. The molecule has 14 heavy (non-hydrogen) atoms. The number of rotatable bonds is 1. The molecule has 2 nitrogen and oxygen atoms in total. The first-order valence-electron chi connectivity index (χ1n) is 4.68. The van der Waals surface area contributed by atoms with Gasteiger partial charge in [0.1, 0.15) is 0 Å². The summed E-state index contributed by atoms with van der Waals surface area (Å²) in [7, 11) is 0. The lowest BCUT2D eigenvalue weighted by molar-refractivity contribution is 1.34. The largest absolute Gasteiger partial charge is 0.402 e. The van der Waals surface area contributed by atoms with Gasteiger partial charge in [0.2, 0.25) is 0 Å². The van der Waals surface area contributed by atoms with Crippen molar-refractivity contribution in [2.75, 3.05) is 0 Å². The van der Waals surface area contributed by atoms with Crippen LogP contribution in [0.1, 0.15) is 18.1 Å². The molecule has 0 saturated carbocycles. The number of fused-ring (bicyclic) bond motifs is 1. The maximum Gasteiger partial charge on any atom is 0.0462 e. The summed E-state index contributed by atoms with van der Waals surface area (Å²) in [5, 5.41) is 1.22. The van der Waals surface area contributed by atoms with Crippen molar-refractivity contribution in [3.8, 4) is 0 Å². The van der Waals surface area contributed by atoms with Crippen LogP contribution in [0.15, 0.2) is 30.1 Å². The van der Waals surface area contributed by atoms with E-state index in [4.69, 9.17) is 5.73 Å². The summed E-state index contributed by atoms with van der Waals surface area (Å²) in [6, 6.07) is 6.37. The van der Waals surface area contributed by atoms with E-state index < -0.39 is 0 Å². The van der Waals surface area contributed by atoms with Crippen molar-refractivity contribution < 1.29 is 0 Å². The van der Waals surface area contributed by atoms with Crippen molar-refractivity contribution >= 4 is 17.0 Å². The smallest absolute Gasteiger partial charge is 0.0462 e. The van der Waals surface area contributed by atoms with E-state index in [1.807, 2.05) is 19.2 Å². The minimum absolute atomic E-state index is 0.825. The molecule has 1 aromatic heterocycles. The lowest BCUT2D eigenvalue weighted by atomic mass is 10.1. The van der Waals surface area contributed by atoms with Gasteiger partial charge in [-0.15, -0.1) is 0 Å².